The fraction of sp³-hybridized carbons (Fsp3) is 0.464. The summed E-state index contributed by atoms with van der Waals surface area (Å²) in [5.41, 5.74) is 2.95. The van der Waals surface area contributed by atoms with Crippen molar-refractivity contribution in [2.75, 3.05) is 13.2 Å². The zero-order valence-electron chi connectivity index (χ0n) is 20.4. The standard InChI is InChI=1S/C28H34N2O5/c1-3-27(2,25(32)33)18-29-24(31)16-28(14-8-9-15-28)30-26(34)35-17-23-21-12-6-4-10-19(21)20-11-5-7-13-22(20)23/h4-7,10-13,23H,3,8-9,14-18H2,1-2H3,(H,29,31)(H,30,34)(H,32,33). The van der Waals surface area contributed by atoms with Gasteiger partial charge in [-0.1, -0.05) is 68.3 Å². The molecule has 0 heterocycles. The molecule has 2 amide bonds. The van der Waals surface area contributed by atoms with Crippen molar-refractivity contribution >= 4 is 18.0 Å². The topological polar surface area (TPSA) is 105 Å². The molecule has 7 heteroatoms. The van der Waals surface area contributed by atoms with E-state index in [2.05, 4.69) is 34.9 Å². The van der Waals surface area contributed by atoms with Gasteiger partial charge in [-0.15, -0.1) is 0 Å². The summed E-state index contributed by atoms with van der Waals surface area (Å²) >= 11 is 0. The van der Waals surface area contributed by atoms with E-state index in [0.717, 1.165) is 24.0 Å². The highest BCUT2D eigenvalue weighted by Crippen LogP contribution is 2.44. The van der Waals surface area contributed by atoms with Gasteiger partial charge in [0.25, 0.3) is 0 Å². The van der Waals surface area contributed by atoms with Gasteiger partial charge < -0.3 is 20.5 Å². The van der Waals surface area contributed by atoms with E-state index in [0.29, 0.717) is 19.3 Å². The Hall–Kier alpha value is -3.35. The average Bonchev–Trinajstić information content (AvgIpc) is 3.43. The van der Waals surface area contributed by atoms with Crippen LogP contribution in [0.15, 0.2) is 48.5 Å². The van der Waals surface area contributed by atoms with Gasteiger partial charge in [0.05, 0.1) is 11.0 Å². The molecule has 2 aliphatic rings. The molecule has 1 saturated carbocycles. The lowest BCUT2D eigenvalue weighted by molar-refractivity contribution is -0.148. The van der Waals surface area contributed by atoms with Crippen LogP contribution in [0.1, 0.15) is 69.4 Å². The maximum absolute atomic E-state index is 12.9. The molecular formula is C28H34N2O5. The Labute approximate surface area is 206 Å². The quantitative estimate of drug-likeness (QED) is 0.478. The number of ether oxygens (including phenoxy) is 1. The summed E-state index contributed by atoms with van der Waals surface area (Å²) in [6.07, 6.45) is 3.20. The molecule has 4 rings (SSSR count). The molecule has 2 aromatic carbocycles. The first kappa shape index (κ1) is 24.8. The third kappa shape index (κ3) is 5.19. The van der Waals surface area contributed by atoms with Crippen molar-refractivity contribution in [3.63, 3.8) is 0 Å². The number of carboxylic acid groups (broad SMARTS) is 1. The van der Waals surface area contributed by atoms with Crippen LogP contribution in [0.3, 0.4) is 0 Å². The summed E-state index contributed by atoms with van der Waals surface area (Å²) < 4.78 is 5.71. The Morgan fingerprint density at radius 1 is 1.03 bits per heavy atom. The highest BCUT2D eigenvalue weighted by Gasteiger charge is 2.39. The second kappa shape index (κ2) is 10.1. The lowest BCUT2D eigenvalue weighted by Gasteiger charge is -2.30. The highest BCUT2D eigenvalue weighted by atomic mass is 16.5. The zero-order chi connectivity index (χ0) is 25.1. The molecular weight excluding hydrogens is 444 g/mol. The van der Waals surface area contributed by atoms with E-state index in [1.54, 1.807) is 13.8 Å². The van der Waals surface area contributed by atoms with Gasteiger partial charge in [-0.05, 0) is 48.4 Å². The van der Waals surface area contributed by atoms with Crippen LogP contribution in [0.2, 0.25) is 0 Å². The number of amides is 2. The molecule has 0 saturated heterocycles. The van der Waals surface area contributed by atoms with E-state index >= 15 is 0 Å². The minimum Gasteiger partial charge on any atom is -0.481 e. The molecule has 186 valence electrons. The lowest BCUT2D eigenvalue weighted by atomic mass is 9.87. The first-order valence-electron chi connectivity index (χ1n) is 12.4. The number of nitrogens with one attached hydrogen (secondary N) is 2. The van der Waals surface area contributed by atoms with Crippen LogP contribution in [0, 0.1) is 5.41 Å². The average molecular weight is 479 g/mol. The summed E-state index contributed by atoms with van der Waals surface area (Å²) in [6.45, 7) is 3.68. The Balaban J connectivity index is 1.37. The minimum absolute atomic E-state index is 0.0290. The molecule has 35 heavy (non-hydrogen) atoms. The van der Waals surface area contributed by atoms with Crippen LogP contribution >= 0.6 is 0 Å². The number of rotatable bonds is 9. The van der Waals surface area contributed by atoms with Gasteiger partial charge in [-0.3, -0.25) is 9.59 Å². The van der Waals surface area contributed by atoms with E-state index in [1.165, 1.54) is 11.1 Å². The molecule has 0 radical (unpaired) electrons. The Kier molecular flexibility index (Phi) is 7.15. The highest BCUT2D eigenvalue weighted by molar-refractivity contribution is 5.81. The van der Waals surface area contributed by atoms with Gasteiger partial charge in [0.2, 0.25) is 5.91 Å². The molecule has 2 aliphatic carbocycles. The normalized spacial score (nSPS) is 17.7. The first-order valence-corrected chi connectivity index (χ1v) is 12.4. The second-order valence-corrected chi connectivity index (χ2v) is 10.1. The van der Waals surface area contributed by atoms with Crippen molar-refractivity contribution in [3.05, 3.63) is 59.7 Å². The van der Waals surface area contributed by atoms with Crippen LogP contribution in [-0.4, -0.2) is 41.8 Å². The summed E-state index contributed by atoms with van der Waals surface area (Å²) in [4.78, 5) is 37.1. The summed E-state index contributed by atoms with van der Waals surface area (Å²) in [6, 6.07) is 16.4. The molecule has 7 nitrogen and oxygen atoms in total. The fourth-order valence-electron chi connectivity index (χ4n) is 5.26. The van der Waals surface area contributed by atoms with Crippen molar-refractivity contribution < 1.29 is 24.2 Å². The van der Waals surface area contributed by atoms with Crippen molar-refractivity contribution in [2.45, 2.75) is 63.8 Å². The van der Waals surface area contributed by atoms with Gasteiger partial charge in [-0.2, -0.15) is 0 Å². The monoisotopic (exact) mass is 478 g/mol. The molecule has 1 fully saturated rings. The Morgan fingerprint density at radius 3 is 2.14 bits per heavy atom. The summed E-state index contributed by atoms with van der Waals surface area (Å²) in [5, 5.41) is 15.2. The molecule has 0 spiro atoms. The number of hydrogen-bond donors (Lipinski definition) is 3. The van der Waals surface area contributed by atoms with E-state index in [-0.39, 0.29) is 31.4 Å². The van der Waals surface area contributed by atoms with Crippen LogP contribution in [0.5, 0.6) is 0 Å². The van der Waals surface area contributed by atoms with Gasteiger partial charge in [0.15, 0.2) is 0 Å². The van der Waals surface area contributed by atoms with E-state index in [9.17, 15) is 19.5 Å². The summed E-state index contributed by atoms with van der Waals surface area (Å²) in [5.74, 6) is -1.22. The molecule has 1 atom stereocenters. The number of benzene rings is 2. The lowest BCUT2D eigenvalue weighted by Crippen LogP contribution is -2.51. The van der Waals surface area contributed by atoms with Crippen LogP contribution in [-0.2, 0) is 14.3 Å². The molecule has 0 aliphatic heterocycles. The van der Waals surface area contributed by atoms with Crippen LogP contribution < -0.4 is 10.6 Å². The predicted octanol–water partition coefficient (Wildman–Crippen LogP) is 4.85. The molecule has 0 aromatic heterocycles. The zero-order valence-corrected chi connectivity index (χ0v) is 20.4. The van der Waals surface area contributed by atoms with Gasteiger partial charge in [-0.25, -0.2) is 4.79 Å². The number of carbonyl (C=O) groups excluding carboxylic acids is 2. The van der Waals surface area contributed by atoms with Crippen molar-refractivity contribution in [1.82, 2.24) is 10.6 Å². The Bertz CT molecular complexity index is 1060. The maximum atomic E-state index is 12.9. The van der Waals surface area contributed by atoms with E-state index in [4.69, 9.17) is 4.74 Å². The number of alkyl carbamates (subject to hydrolysis) is 1. The minimum atomic E-state index is -1.02. The first-order chi connectivity index (χ1) is 16.8. The number of aliphatic carboxylic acids is 1. The van der Waals surface area contributed by atoms with Gasteiger partial charge in [0.1, 0.15) is 6.61 Å². The molecule has 1 unspecified atom stereocenters. The van der Waals surface area contributed by atoms with Crippen molar-refractivity contribution in [3.8, 4) is 11.1 Å². The molecule has 2 aromatic rings. The van der Waals surface area contributed by atoms with Crippen molar-refractivity contribution in [1.29, 1.82) is 0 Å². The maximum Gasteiger partial charge on any atom is 0.407 e. The third-order valence-electron chi connectivity index (χ3n) is 7.74. The Morgan fingerprint density at radius 2 is 1.60 bits per heavy atom. The fourth-order valence-corrected chi connectivity index (χ4v) is 5.26. The van der Waals surface area contributed by atoms with Gasteiger partial charge in [0, 0.05) is 18.9 Å². The predicted molar refractivity (Wildman–Crippen MR) is 133 cm³/mol. The number of hydrogen-bond acceptors (Lipinski definition) is 4. The van der Waals surface area contributed by atoms with E-state index < -0.39 is 23.0 Å². The smallest absolute Gasteiger partial charge is 0.407 e. The number of carbonyl (C=O) groups is 3. The number of carboxylic acids is 1. The SMILES string of the molecule is CCC(C)(CNC(=O)CC1(NC(=O)OCC2c3ccccc3-c3ccccc32)CCCC1)C(=O)O. The van der Waals surface area contributed by atoms with Crippen LogP contribution in [0.25, 0.3) is 11.1 Å². The number of fused-ring (bicyclic) bond motifs is 3. The van der Waals surface area contributed by atoms with Crippen LogP contribution in [0.4, 0.5) is 4.79 Å². The summed E-state index contributed by atoms with van der Waals surface area (Å²) in [7, 11) is 0. The van der Waals surface area contributed by atoms with Gasteiger partial charge >= 0.3 is 12.1 Å². The largest absolute Gasteiger partial charge is 0.481 e. The van der Waals surface area contributed by atoms with E-state index in [1.807, 2.05) is 24.3 Å². The molecule has 0 bridgehead atoms. The third-order valence-corrected chi connectivity index (χ3v) is 7.74. The second-order valence-electron chi connectivity index (χ2n) is 10.1. The molecule has 3 N–H and O–H groups in total. The van der Waals surface area contributed by atoms with Crippen molar-refractivity contribution in [2.24, 2.45) is 5.41 Å².